The van der Waals surface area contributed by atoms with Crippen LogP contribution in [0.5, 0.6) is 0 Å². The summed E-state index contributed by atoms with van der Waals surface area (Å²) in [5.41, 5.74) is 13.6. The summed E-state index contributed by atoms with van der Waals surface area (Å²) < 4.78 is 4.71. The average molecular weight is 639 g/mol. The normalized spacial score (nSPS) is 11.6. The highest BCUT2D eigenvalue weighted by molar-refractivity contribution is 6.10. The lowest BCUT2D eigenvalue weighted by atomic mass is 9.94. The largest absolute Gasteiger partial charge is 0.309 e. The third-order valence-corrected chi connectivity index (χ3v) is 9.89. The Labute approximate surface area is 289 Å². The predicted octanol–water partition coefficient (Wildman–Crippen LogP) is 11.7. The predicted molar refractivity (Wildman–Crippen MR) is 207 cm³/mol. The van der Waals surface area contributed by atoms with Gasteiger partial charge in [-0.3, -0.25) is 0 Å². The Bertz CT molecular complexity index is 2560. The molecule has 50 heavy (non-hydrogen) atoms. The number of hydrogen-bond donors (Lipinski definition) is 0. The number of rotatable bonds is 5. The second-order valence-corrected chi connectivity index (χ2v) is 12.7. The molecule has 0 unspecified atom stereocenters. The maximum absolute atomic E-state index is 4.61. The van der Waals surface area contributed by atoms with E-state index in [4.69, 9.17) is 0 Å². The number of benzene rings is 7. The summed E-state index contributed by atoms with van der Waals surface area (Å²) in [4.78, 5) is 8.78. The van der Waals surface area contributed by atoms with Gasteiger partial charge in [0.2, 0.25) is 0 Å². The zero-order valence-corrected chi connectivity index (χ0v) is 27.1. The summed E-state index contributed by atoms with van der Waals surface area (Å²) in [6.45, 7) is 0. The summed E-state index contributed by atoms with van der Waals surface area (Å²) in [5, 5.41) is 5.05. The summed E-state index contributed by atoms with van der Waals surface area (Å²) >= 11 is 0. The van der Waals surface area contributed by atoms with Crippen LogP contribution in [0, 0.1) is 0 Å². The van der Waals surface area contributed by atoms with Gasteiger partial charge in [-0.05, 0) is 95.1 Å². The van der Waals surface area contributed by atoms with Crippen LogP contribution < -0.4 is 0 Å². The van der Waals surface area contributed by atoms with Crippen LogP contribution in [0.2, 0.25) is 0 Å². The second kappa shape index (κ2) is 11.4. The van der Waals surface area contributed by atoms with Crippen LogP contribution in [0.3, 0.4) is 0 Å². The first-order chi connectivity index (χ1) is 24.8. The summed E-state index contributed by atoms with van der Waals surface area (Å²) in [6.07, 6.45) is 3.42. The number of fused-ring (bicyclic) bond motifs is 6. The molecule has 0 amide bonds. The molecule has 0 spiro atoms. The Morgan fingerprint density at radius 2 is 0.720 bits per heavy atom. The Morgan fingerprint density at radius 1 is 0.340 bits per heavy atom. The van der Waals surface area contributed by atoms with Crippen molar-refractivity contribution in [1.29, 1.82) is 0 Å². The number of hydrogen-bond acceptors (Lipinski definition) is 2. The van der Waals surface area contributed by atoms with E-state index in [2.05, 4.69) is 183 Å². The Balaban J connectivity index is 1.07. The van der Waals surface area contributed by atoms with Crippen LogP contribution in [0.4, 0.5) is 0 Å². The molecule has 0 radical (unpaired) electrons. The van der Waals surface area contributed by atoms with E-state index in [1.807, 2.05) is 6.07 Å². The highest BCUT2D eigenvalue weighted by atomic mass is 15.0. The fourth-order valence-electron chi connectivity index (χ4n) is 7.58. The molecular formula is C46H30N4. The minimum Gasteiger partial charge on any atom is -0.309 e. The van der Waals surface area contributed by atoms with Crippen molar-refractivity contribution in [2.75, 3.05) is 0 Å². The molecule has 3 aromatic heterocycles. The molecule has 234 valence electrons. The molecule has 0 fully saturated rings. The van der Waals surface area contributed by atoms with E-state index in [1.54, 1.807) is 12.5 Å². The quantitative estimate of drug-likeness (QED) is 0.188. The SMILES string of the molecule is c1ccc2c(c1)c1ccccc1n2-c1ccc(-c2cc(-c3ccc(-n4c5ccccc5c5ccccc54)cc3)cc(-c3ccncn3)c2)cc1. The molecule has 0 atom stereocenters. The molecule has 10 rings (SSSR count). The third kappa shape index (κ3) is 4.54. The van der Waals surface area contributed by atoms with Gasteiger partial charge in [0, 0.05) is 44.7 Å². The van der Waals surface area contributed by atoms with Crippen LogP contribution in [-0.4, -0.2) is 19.1 Å². The highest BCUT2D eigenvalue weighted by Gasteiger charge is 2.14. The van der Waals surface area contributed by atoms with Gasteiger partial charge in [0.25, 0.3) is 0 Å². The van der Waals surface area contributed by atoms with Gasteiger partial charge in [-0.2, -0.15) is 0 Å². The van der Waals surface area contributed by atoms with E-state index in [1.165, 1.54) is 43.6 Å². The van der Waals surface area contributed by atoms with Crippen LogP contribution in [0.15, 0.2) is 182 Å². The van der Waals surface area contributed by atoms with Crippen molar-refractivity contribution in [3.05, 3.63) is 182 Å². The van der Waals surface area contributed by atoms with Crippen LogP contribution in [0.1, 0.15) is 0 Å². The van der Waals surface area contributed by atoms with Crippen molar-refractivity contribution >= 4 is 43.6 Å². The average Bonchev–Trinajstić information content (AvgIpc) is 3.71. The maximum atomic E-state index is 4.61. The van der Waals surface area contributed by atoms with Crippen molar-refractivity contribution in [3.63, 3.8) is 0 Å². The topological polar surface area (TPSA) is 35.6 Å². The Hall–Kier alpha value is -6.78. The molecule has 10 aromatic rings. The van der Waals surface area contributed by atoms with E-state index >= 15 is 0 Å². The zero-order chi connectivity index (χ0) is 33.0. The molecule has 0 aliphatic rings. The van der Waals surface area contributed by atoms with Gasteiger partial charge in [0.1, 0.15) is 6.33 Å². The van der Waals surface area contributed by atoms with E-state index in [0.717, 1.165) is 44.9 Å². The van der Waals surface area contributed by atoms with Crippen molar-refractivity contribution in [2.24, 2.45) is 0 Å². The molecule has 4 nitrogen and oxygen atoms in total. The molecule has 0 N–H and O–H groups in total. The fourth-order valence-corrected chi connectivity index (χ4v) is 7.58. The van der Waals surface area contributed by atoms with Crippen molar-refractivity contribution in [1.82, 2.24) is 19.1 Å². The maximum Gasteiger partial charge on any atom is 0.116 e. The lowest BCUT2D eigenvalue weighted by molar-refractivity contribution is 1.17. The molecule has 0 bridgehead atoms. The van der Waals surface area contributed by atoms with E-state index in [-0.39, 0.29) is 0 Å². The van der Waals surface area contributed by atoms with Gasteiger partial charge >= 0.3 is 0 Å². The van der Waals surface area contributed by atoms with Gasteiger partial charge in [-0.25, -0.2) is 9.97 Å². The highest BCUT2D eigenvalue weighted by Crippen LogP contribution is 2.37. The molecular weight excluding hydrogens is 609 g/mol. The van der Waals surface area contributed by atoms with Gasteiger partial charge < -0.3 is 9.13 Å². The summed E-state index contributed by atoms with van der Waals surface area (Å²) in [7, 11) is 0. The number of para-hydroxylation sites is 4. The first-order valence-corrected chi connectivity index (χ1v) is 16.9. The molecule has 4 heteroatoms. The summed E-state index contributed by atoms with van der Waals surface area (Å²) in [6, 6.07) is 61.1. The van der Waals surface area contributed by atoms with E-state index in [0.29, 0.717) is 0 Å². The fraction of sp³-hybridized carbons (Fsp3) is 0. The first-order valence-electron chi connectivity index (χ1n) is 16.9. The van der Waals surface area contributed by atoms with Crippen molar-refractivity contribution in [3.8, 4) is 44.9 Å². The van der Waals surface area contributed by atoms with Crippen molar-refractivity contribution in [2.45, 2.75) is 0 Å². The van der Waals surface area contributed by atoms with Crippen LogP contribution in [0.25, 0.3) is 88.5 Å². The second-order valence-electron chi connectivity index (χ2n) is 12.7. The lowest BCUT2D eigenvalue weighted by Crippen LogP contribution is -1.94. The standard InChI is InChI=1S/C46H30N4/c1-5-13-43-38(9-1)39-10-2-6-14-44(39)49(43)36-21-17-31(18-22-36)33-27-34(29-35(28-33)42-25-26-47-30-48-42)32-19-23-37(24-20-32)50-45-15-7-3-11-40(45)41-12-4-8-16-46(41)50/h1-30H. The molecule has 3 heterocycles. The lowest BCUT2D eigenvalue weighted by Gasteiger charge is -2.13. The Kier molecular flexibility index (Phi) is 6.46. The molecule has 0 saturated heterocycles. The van der Waals surface area contributed by atoms with E-state index in [9.17, 15) is 0 Å². The zero-order valence-electron chi connectivity index (χ0n) is 27.1. The minimum atomic E-state index is 0.895. The van der Waals surface area contributed by atoms with Crippen LogP contribution >= 0.6 is 0 Å². The molecule has 0 aliphatic carbocycles. The van der Waals surface area contributed by atoms with Crippen molar-refractivity contribution < 1.29 is 0 Å². The Morgan fingerprint density at radius 3 is 1.10 bits per heavy atom. The van der Waals surface area contributed by atoms with Crippen LogP contribution in [-0.2, 0) is 0 Å². The smallest absolute Gasteiger partial charge is 0.116 e. The first kappa shape index (κ1) is 28.3. The van der Waals surface area contributed by atoms with Gasteiger partial charge in [0.15, 0.2) is 0 Å². The van der Waals surface area contributed by atoms with Gasteiger partial charge in [-0.1, -0.05) is 97.1 Å². The summed E-state index contributed by atoms with van der Waals surface area (Å²) in [5.74, 6) is 0. The van der Waals surface area contributed by atoms with E-state index < -0.39 is 0 Å². The monoisotopic (exact) mass is 638 g/mol. The minimum absolute atomic E-state index is 0.895. The van der Waals surface area contributed by atoms with Gasteiger partial charge in [-0.15, -0.1) is 0 Å². The number of nitrogens with zero attached hydrogens (tertiary/aromatic N) is 4. The number of aromatic nitrogens is 4. The molecule has 0 aliphatic heterocycles. The van der Waals surface area contributed by atoms with Gasteiger partial charge in [0.05, 0.1) is 27.8 Å². The molecule has 7 aromatic carbocycles. The third-order valence-electron chi connectivity index (χ3n) is 9.89. The molecule has 0 saturated carbocycles.